The van der Waals surface area contributed by atoms with Crippen LogP contribution in [0.2, 0.25) is 0 Å². The maximum absolute atomic E-state index is 5.37. The standard InChI is InChI=1S/C16H24N6O2.HI/c1-16(2,23-4)11-20-15(17-3)19-10-8-13-21-14(24-22-13)12-7-5-6-9-18-12;/h5-7,9H,8,10-11H2,1-4H3,(H2,17,19,20);1H. The summed E-state index contributed by atoms with van der Waals surface area (Å²) >= 11 is 0. The highest BCUT2D eigenvalue weighted by Crippen LogP contribution is 2.13. The van der Waals surface area contributed by atoms with Gasteiger partial charge in [0.25, 0.3) is 5.89 Å². The number of methoxy groups -OCH3 is 1. The van der Waals surface area contributed by atoms with E-state index < -0.39 is 0 Å². The molecule has 0 saturated carbocycles. The van der Waals surface area contributed by atoms with Crippen LogP contribution < -0.4 is 10.6 Å². The summed E-state index contributed by atoms with van der Waals surface area (Å²) in [5.74, 6) is 1.75. The van der Waals surface area contributed by atoms with Gasteiger partial charge in [0.2, 0.25) is 0 Å². The molecule has 0 radical (unpaired) electrons. The van der Waals surface area contributed by atoms with Gasteiger partial charge >= 0.3 is 0 Å². The molecule has 2 N–H and O–H groups in total. The molecular weight excluding hydrogens is 435 g/mol. The molecule has 2 heterocycles. The van der Waals surface area contributed by atoms with Gasteiger partial charge in [0.15, 0.2) is 11.8 Å². The van der Waals surface area contributed by atoms with E-state index in [1.54, 1.807) is 20.4 Å². The zero-order valence-corrected chi connectivity index (χ0v) is 17.3. The number of ether oxygens (including phenoxy) is 1. The monoisotopic (exact) mass is 460 g/mol. The fourth-order valence-electron chi connectivity index (χ4n) is 1.83. The van der Waals surface area contributed by atoms with E-state index in [9.17, 15) is 0 Å². The summed E-state index contributed by atoms with van der Waals surface area (Å²) in [6.07, 6.45) is 2.31. The summed E-state index contributed by atoms with van der Waals surface area (Å²) in [7, 11) is 3.41. The molecule has 25 heavy (non-hydrogen) atoms. The molecular formula is C16H25IN6O2. The van der Waals surface area contributed by atoms with Crippen LogP contribution in [0.25, 0.3) is 11.6 Å². The molecule has 9 heteroatoms. The number of nitrogens with zero attached hydrogens (tertiary/aromatic N) is 4. The first-order valence-electron chi connectivity index (χ1n) is 7.78. The first-order valence-corrected chi connectivity index (χ1v) is 7.78. The fourth-order valence-corrected chi connectivity index (χ4v) is 1.83. The van der Waals surface area contributed by atoms with Gasteiger partial charge in [-0.3, -0.25) is 9.98 Å². The van der Waals surface area contributed by atoms with Gasteiger partial charge in [-0.05, 0) is 26.0 Å². The van der Waals surface area contributed by atoms with Crippen molar-refractivity contribution < 1.29 is 9.26 Å². The van der Waals surface area contributed by atoms with Crippen LogP contribution in [-0.4, -0.2) is 53.9 Å². The van der Waals surface area contributed by atoms with Crippen molar-refractivity contribution in [2.75, 3.05) is 27.2 Å². The maximum atomic E-state index is 5.37. The number of pyridine rings is 1. The summed E-state index contributed by atoms with van der Waals surface area (Å²) in [4.78, 5) is 12.7. The van der Waals surface area contributed by atoms with Gasteiger partial charge in [-0.1, -0.05) is 11.2 Å². The summed E-state index contributed by atoms with van der Waals surface area (Å²) < 4.78 is 10.6. The highest BCUT2D eigenvalue weighted by atomic mass is 127. The number of rotatable bonds is 7. The number of guanidine groups is 1. The molecule has 0 aliphatic heterocycles. The molecule has 0 atom stereocenters. The molecule has 0 aliphatic carbocycles. The SMILES string of the molecule is CN=C(NCCc1noc(-c2ccccn2)n1)NCC(C)(C)OC.I. The minimum absolute atomic E-state index is 0. The van der Waals surface area contributed by atoms with Gasteiger partial charge in [0.05, 0.1) is 5.60 Å². The molecule has 8 nitrogen and oxygen atoms in total. The van der Waals surface area contributed by atoms with Crippen molar-refractivity contribution >= 4 is 29.9 Å². The summed E-state index contributed by atoms with van der Waals surface area (Å²) in [6.45, 7) is 5.29. The van der Waals surface area contributed by atoms with Crippen molar-refractivity contribution in [3.63, 3.8) is 0 Å². The quantitative estimate of drug-likeness (QED) is 0.370. The van der Waals surface area contributed by atoms with Crippen LogP contribution in [0.15, 0.2) is 33.9 Å². The van der Waals surface area contributed by atoms with Gasteiger partial charge in [-0.25, -0.2) is 0 Å². The lowest BCUT2D eigenvalue weighted by Gasteiger charge is -2.24. The van der Waals surface area contributed by atoms with E-state index in [2.05, 4.69) is 30.8 Å². The second-order valence-corrected chi connectivity index (χ2v) is 5.80. The van der Waals surface area contributed by atoms with Crippen LogP contribution in [0.4, 0.5) is 0 Å². The van der Waals surface area contributed by atoms with Crippen LogP contribution in [0.5, 0.6) is 0 Å². The molecule has 0 bridgehead atoms. The third kappa shape index (κ3) is 6.94. The van der Waals surface area contributed by atoms with Gasteiger partial charge < -0.3 is 19.9 Å². The molecule has 0 saturated heterocycles. The maximum Gasteiger partial charge on any atom is 0.276 e. The number of aliphatic imine (C=N–C) groups is 1. The van der Waals surface area contributed by atoms with Crippen molar-refractivity contribution in [1.29, 1.82) is 0 Å². The van der Waals surface area contributed by atoms with Crippen molar-refractivity contribution in [2.45, 2.75) is 25.9 Å². The van der Waals surface area contributed by atoms with Crippen LogP contribution in [0.3, 0.4) is 0 Å². The van der Waals surface area contributed by atoms with Crippen molar-refractivity contribution in [1.82, 2.24) is 25.8 Å². The molecule has 0 unspecified atom stereocenters. The minimum atomic E-state index is -0.261. The predicted octanol–water partition coefficient (Wildman–Crippen LogP) is 1.88. The van der Waals surface area contributed by atoms with E-state index in [-0.39, 0.29) is 29.6 Å². The Hall–Kier alpha value is -1.75. The first-order chi connectivity index (χ1) is 11.5. The zero-order valence-electron chi connectivity index (χ0n) is 14.9. The van der Waals surface area contributed by atoms with E-state index in [0.717, 1.165) is 0 Å². The first kappa shape index (κ1) is 21.3. The third-order valence-corrected chi connectivity index (χ3v) is 3.45. The van der Waals surface area contributed by atoms with E-state index in [0.29, 0.717) is 42.9 Å². The molecule has 0 aromatic carbocycles. The third-order valence-electron chi connectivity index (χ3n) is 3.45. The average molecular weight is 460 g/mol. The molecule has 0 aliphatic rings. The molecule has 0 amide bonds. The van der Waals surface area contributed by atoms with E-state index in [1.807, 2.05) is 32.0 Å². The Morgan fingerprint density at radius 2 is 2.12 bits per heavy atom. The molecule has 0 fully saturated rings. The molecule has 2 aromatic rings. The lowest BCUT2D eigenvalue weighted by Crippen LogP contribution is -2.45. The van der Waals surface area contributed by atoms with Crippen LogP contribution in [0.1, 0.15) is 19.7 Å². The lowest BCUT2D eigenvalue weighted by atomic mass is 10.1. The van der Waals surface area contributed by atoms with E-state index >= 15 is 0 Å². The Morgan fingerprint density at radius 1 is 1.32 bits per heavy atom. The fraction of sp³-hybridized carbons (Fsp3) is 0.500. The summed E-state index contributed by atoms with van der Waals surface area (Å²) in [5.41, 5.74) is 0.409. The highest BCUT2D eigenvalue weighted by Gasteiger charge is 2.16. The number of hydrogen-bond donors (Lipinski definition) is 2. The van der Waals surface area contributed by atoms with Crippen LogP contribution in [-0.2, 0) is 11.2 Å². The topological polar surface area (TPSA) is 97.5 Å². The Morgan fingerprint density at radius 3 is 2.76 bits per heavy atom. The Bertz CT molecular complexity index is 660. The van der Waals surface area contributed by atoms with Crippen LogP contribution in [0, 0.1) is 0 Å². The average Bonchev–Trinajstić information content (AvgIpc) is 3.07. The van der Waals surface area contributed by atoms with Crippen molar-refractivity contribution in [3.05, 3.63) is 30.2 Å². The smallest absolute Gasteiger partial charge is 0.276 e. The molecule has 0 spiro atoms. The van der Waals surface area contributed by atoms with Gasteiger partial charge in [-0.15, -0.1) is 24.0 Å². The van der Waals surface area contributed by atoms with Crippen LogP contribution >= 0.6 is 24.0 Å². The number of nitrogens with one attached hydrogen (secondary N) is 2. The van der Waals surface area contributed by atoms with Gasteiger partial charge in [-0.2, -0.15) is 4.98 Å². The molecule has 138 valence electrons. The van der Waals surface area contributed by atoms with Crippen molar-refractivity contribution in [2.24, 2.45) is 4.99 Å². The number of aromatic nitrogens is 3. The largest absolute Gasteiger partial charge is 0.377 e. The molecule has 2 aromatic heterocycles. The number of halogens is 1. The predicted molar refractivity (Wildman–Crippen MR) is 107 cm³/mol. The van der Waals surface area contributed by atoms with Gasteiger partial charge in [0, 0.05) is 39.9 Å². The highest BCUT2D eigenvalue weighted by molar-refractivity contribution is 14.0. The second-order valence-electron chi connectivity index (χ2n) is 5.80. The molecule has 2 rings (SSSR count). The summed E-state index contributed by atoms with van der Waals surface area (Å²) in [5, 5.41) is 10.4. The minimum Gasteiger partial charge on any atom is -0.377 e. The number of hydrogen-bond acceptors (Lipinski definition) is 6. The lowest BCUT2D eigenvalue weighted by molar-refractivity contribution is 0.0268. The summed E-state index contributed by atoms with van der Waals surface area (Å²) in [6, 6.07) is 5.55. The second kappa shape index (κ2) is 10.3. The Kier molecular flexibility index (Phi) is 8.76. The Balaban J connectivity index is 0.00000312. The van der Waals surface area contributed by atoms with Crippen molar-refractivity contribution in [3.8, 4) is 11.6 Å². The normalized spacial score (nSPS) is 11.8. The van der Waals surface area contributed by atoms with E-state index in [1.165, 1.54) is 0 Å². The van der Waals surface area contributed by atoms with E-state index in [4.69, 9.17) is 9.26 Å². The zero-order chi connectivity index (χ0) is 17.4. The Labute approximate surface area is 164 Å². The van der Waals surface area contributed by atoms with Gasteiger partial charge in [0.1, 0.15) is 5.69 Å².